The average molecular weight is 412 g/mol. The number of nitrogens with one attached hydrogen (secondary N) is 2. The lowest BCUT2D eigenvalue weighted by atomic mass is 9.89. The molecule has 0 saturated heterocycles. The molecule has 0 aliphatic carbocycles. The van der Waals surface area contributed by atoms with Crippen molar-refractivity contribution in [2.45, 2.75) is 26.3 Å². The Morgan fingerprint density at radius 3 is 1.73 bits per heavy atom. The Morgan fingerprint density at radius 1 is 0.867 bits per heavy atom. The van der Waals surface area contributed by atoms with Gasteiger partial charge in [-0.1, -0.05) is 0 Å². The summed E-state index contributed by atoms with van der Waals surface area (Å²) in [5.74, 6) is -0.744. The van der Waals surface area contributed by atoms with E-state index in [-0.39, 0.29) is 23.2 Å². The van der Waals surface area contributed by atoms with E-state index in [4.69, 9.17) is 0 Å². The van der Waals surface area contributed by atoms with Gasteiger partial charge < -0.3 is 10.6 Å². The standard InChI is InChI=1S/C20H20N4O6/c1-13(25)21-19(15-4-8-17(9-5-15)23(27)28)12-20(3,22-14(2)26)16-6-10-18(11-7-16)24(29)30/h4-12H,1-3H3,(H,21,25)(H,22,26)/b19-12-. The van der Waals surface area contributed by atoms with Crippen LogP contribution in [-0.2, 0) is 15.1 Å². The lowest BCUT2D eigenvalue weighted by molar-refractivity contribution is -0.385. The number of rotatable bonds is 7. The molecule has 0 aliphatic heterocycles. The maximum Gasteiger partial charge on any atom is 0.269 e. The Hall–Kier alpha value is -4.08. The van der Waals surface area contributed by atoms with E-state index >= 15 is 0 Å². The topological polar surface area (TPSA) is 144 Å². The van der Waals surface area contributed by atoms with Crippen LogP contribution in [0.25, 0.3) is 5.70 Å². The summed E-state index contributed by atoms with van der Waals surface area (Å²) in [6, 6.07) is 11.2. The largest absolute Gasteiger partial charge is 0.344 e. The van der Waals surface area contributed by atoms with Crippen molar-refractivity contribution in [1.82, 2.24) is 10.6 Å². The van der Waals surface area contributed by atoms with Gasteiger partial charge in [0.25, 0.3) is 11.4 Å². The lowest BCUT2D eigenvalue weighted by Crippen LogP contribution is -2.41. The summed E-state index contributed by atoms with van der Waals surface area (Å²) >= 11 is 0. The summed E-state index contributed by atoms with van der Waals surface area (Å²) < 4.78 is 0. The first-order chi connectivity index (χ1) is 14.0. The minimum Gasteiger partial charge on any atom is -0.344 e. The predicted molar refractivity (Wildman–Crippen MR) is 109 cm³/mol. The maximum atomic E-state index is 11.9. The second-order valence-electron chi connectivity index (χ2n) is 6.73. The van der Waals surface area contributed by atoms with Gasteiger partial charge in [-0.25, -0.2) is 0 Å². The maximum absolute atomic E-state index is 11.9. The van der Waals surface area contributed by atoms with Gasteiger partial charge in [-0.15, -0.1) is 0 Å². The van der Waals surface area contributed by atoms with E-state index in [2.05, 4.69) is 10.6 Å². The minimum atomic E-state index is -1.14. The van der Waals surface area contributed by atoms with E-state index in [1.54, 1.807) is 13.0 Å². The van der Waals surface area contributed by atoms with Crippen molar-refractivity contribution in [3.63, 3.8) is 0 Å². The molecule has 10 heteroatoms. The Bertz CT molecular complexity index is 1010. The number of non-ortho nitro benzene ring substituents is 2. The first kappa shape index (κ1) is 22.2. The number of hydrogen-bond acceptors (Lipinski definition) is 6. The highest BCUT2D eigenvalue weighted by Crippen LogP contribution is 2.28. The van der Waals surface area contributed by atoms with Crippen molar-refractivity contribution in [3.8, 4) is 0 Å². The van der Waals surface area contributed by atoms with Gasteiger partial charge in [0, 0.05) is 43.8 Å². The summed E-state index contributed by atoms with van der Waals surface area (Å²) in [7, 11) is 0. The molecule has 10 nitrogen and oxygen atoms in total. The molecule has 2 aromatic rings. The van der Waals surface area contributed by atoms with E-state index in [1.165, 1.54) is 62.4 Å². The molecule has 0 spiro atoms. The molecule has 2 aromatic carbocycles. The molecule has 1 unspecified atom stereocenters. The molecule has 0 saturated carbocycles. The van der Waals surface area contributed by atoms with Crippen LogP contribution in [0.15, 0.2) is 54.6 Å². The fourth-order valence-electron chi connectivity index (χ4n) is 2.92. The van der Waals surface area contributed by atoms with E-state index in [0.29, 0.717) is 16.8 Å². The monoisotopic (exact) mass is 412 g/mol. The number of amides is 2. The van der Waals surface area contributed by atoms with Crippen LogP contribution in [0.5, 0.6) is 0 Å². The molecule has 2 N–H and O–H groups in total. The van der Waals surface area contributed by atoms with Crippen molar-refractivity contribution in [2.24, 2.45) is 0 Å². The Kier molecular flexibility index (Phi) is 6.62. The molecule has 2 rings (SSSR count). The van der Waals surface area contributed by atoms with Gasteiger partial charge in [0.05, 0.1) is 15.4 Å². The number of hydrogen-bond donors (Lipinski definition) is 2. The number of nitro groups is 2. The molecule has 0 fully saturated rings. The second kappa shape index (κ2) is 8.95. The van der Waals surface area contributed by atoms with E-state index in [9.17, 15) is 29.8 Å². The highest BCUT2D eigenvalue weighted by molar-refractivity contribution is 5.86. The van der Waals surface area contributed by atoms with Crippen molar-refractivity contribution in [1.29, 1.82) is 0 Å². The molecule has 2 amide bonds. The first-order valence-corrected chi connectivity index (χ1v) is 8.81. The Labute approximate surface area is 171 Å². The fourth-order valence-corrected chi connectivity index (χ4v) is 2.92. The zero-order valence-electron chi connectivity index (χ0n) is 16.5. The molecule has 1 atom stereocenters. The van der Waals surface area contributed by atoms with Crippen LogP contribution >= 0.6 is 0 Å². The van der Waals surface area contributed by atoms with Gasteiger partial charge in [0.1, 0.15) is 0 Å². The zero-order chi connectivity index (χ0) is 22.5. The van der Waals surface area contributed by atoms with Crippen LogP contribution in [0.2, 0.25) is 0 Å². The average Bonchev–Trinajstić information content (AvgIpc) is 2.66. The van der Waals surface area contributed by atoms with Crippen molar-refractivity contribution in [3.05, 3.63) is 86.0 Å². The molecule has 0 heterocycles. The normalized spacial score (nSPS) is 13.1. The molecule has 156 valence electrons. The fraction of sp³-hybridized carbons (Fsp3) is 0.200. The summed E-state index contributed by atoms with van der Waals surface area (Å²) in [5.41, 5.74) is -0.0267. The van der Waals surface area contributed by atoms with Crippen LogP contribution in [0.3, 0.4) is 0 Å². The van der Waals surface area contributed by atoms with Crippen molar-refractivity contribution >= 4 is 28.9 Å². The first-order valence-electron chi connectivity index (χ1n) is 8.81. The van der Waals surface area contributed by atoms with Gasteiger partial charge >= 0.3 is 0 Å². The molecular formula is C20H20N4O6. The number of carbonyl (C=O) groups is 2. The number of carbonyl (C=O) groups excluding carboxylic acids is 2. The van der Waals surface area contributed by atoms with Gasteiger partial charge in [-0.05, 0) is 48.4 Å². The highest BCUT2D eigenvalue weighted by Gasteiger charge is 2.27. The second-order valence-corrected chi connectivity index (χ2v) is 6.73. The third-order valence-corrected chi connectivity index (χ3v) is 4.25. The summed E-state index contributed by atoms with van der Waals surface area (Å²) in [6.07, 6.45) is 1.58. The SMILES string of the molecule is CC(=O)N/C(=C\C(C)(NC(C)=O)c1ccc([N+](=O)[O-])cc1)c1ccc([N+](=O)[O-])cc1. The molecule has 0 radical (unpaired) electrons. The summed E-state index contributed by atoms with van der Waals surface area (Å²) in [4.78, 5) is 44.4. The van der Waals surface area contributed by atoms with Crippen LogP contribution in [0.1, 0.15) is 31.9 Å². The van der Waals surface area contributed by atoms with Gasteiger partial charge in [0.15, 0.2) is 0 Å². The van der Waals surface area contributed by atoms with Crippen LogP contribution in [0, 0.1) is 20.2 Å². The van der Waals surface area contributed by atoms with Gasteiger partial charge in [0.2, 0.25) is 11.8 Å². The predicted octanol–water partition coefficient (Wildman–Crippen LogP) is 3.03. The highest BCUT2D eigenvalue weighted by atomic mass is 16.6. The third kappa shape index (κ3) is 5.47. The van der Waals surface area contributed by atoms with Crippen LogP contribution in [0.4, 0.5) is 11.4 Å². The molecule has 0 bridgehead atoms. The van der Waals surface area contributed by atoms with Crippen LogP contribution < -0.4 is 10.6 Å². The number of nitrogens with zero attached hydrogens (tertiary/aromatic N) is 2. The number of nitro benzene ring substituents is 2. The third-order valence-electron chi connectivity index (χ3n) is 4.25. The van der Waals surface area contributed by atoms with Gasteiger partial charge in [-0.3, -0.25) is 29.8 Å². The quantitative estimate of drug-likeness (QED) is 0.528. The Morgan fingerprint density at radius 2 is 1.33 bits per heavy atom. The van der Waals surface area contributed by atoms with E-state index < -0.39 is 15.4 Å². The molecule has 0 aliphatic rings. The van der Waals surface area contributed by atoms with E-state index in [0.717, 1.165) is 0 Å². The molecule has 0 aromatic heterocycles. The lowest BCUT2D eigenvalue weighted by Gasteiger charge is -2.29. The van der Waals surface area contributed by atoms with Crippen molar-refractivity contribution in [2.75, 3.05) is 0 Å². The van der Waals surface area contributed by atoms with Crippen molar-refractivity contribution < 1.29 is 19.4 Å². The summed E-state index contributed by atoms with van der Waals surface area (Å²) in [5, 5.41) is 27.3. The molecule has 30 heavy (non-hydrogen) atoms. The van der Waals surface area contributed by atoms with Crippen LogP contribution in [-0.4, -0.2) is 21.7 Å². The minimum absolute atomic E-state index is 0.106. The Balaban J connectivity index is 2.59. The van der Waals surface area contributed by atoms with E-state index in [1.807, 2.05) is 0 Å². The summed E-state index contributed by atoms with van der Waals surface area (Å²) in [6.45, 7) is 4.30. The smallest absolute Gasteiger partial charge is 0.269 e. The van der Waals surface area contributed by atoms with Gasteiger partial charge in [-0.2, -0.15) is 0 Å². The zero-order valence-corrected chi connectivity index (χ0v) is 16.5. The molecular weight excluding hydrogens is 392 g/mol. The number of benzene rings is 2.